The van der Waals surface area contributed by atoms with Crippen LogP contribution in [0.4, 0.5) is 0 Å². The maximum Gasteiger partial charge on any atom is 0.326 e. The van der Waals surface area contributed by atoms with Crippen molar-refractivity contribution in [2.45, 2.75) is 207 Å². The summed E-state index contributed by atoms with van der Waals surface area (Å²) in [5, 5.41) is 101. The molecule has 4 saturated heterocycles. The van der Waals surface area contributed by atoms with Gasteiger partial charge in [0.2, 0.25) is 11.8 Å². The molecule has 0 unspecified atom stereocenters. The summed E-state index contributed by atoms with van der Waals surface area (Å²) < 4.78 is 0. The molecule has 0 aromatic carbocycles. The molecule has 0 aliphatic carbocycles. The van der Waals surface area contributed by atoms with Crippen molar-refractivity contribution in [2.75, 3.05) is 34.2 Å². The molecule has 2 amide bonds. The van der Waals surface area contributed by atoms with E-state index < -0.39 is 95.9 Å². The van der Waals surface area contributed by atoms with Crippen molar-refractivity contribution in [3.63, 3.8) is 0 Å². The Morgan fingerprint density at radius 1 is 0.412 bits per heavy atom. The van der Waals surface area contributed by atoms with Crippen molar-refractivity contribution in [2.24, 2.45) is 40.9 Å². The minimum Gasteiger partial charge on any atom is -0.480 e. The number of hydrogen-bond donors (Lipinski definition) is 20. The molecule has 4 aliphatic heterocycles. The number of nitrogens with one attached hydrogen (secondary N) is 7. The summed E-state index contributed by atoms with van der Waals surface area (Å²) in [5.74, 6) is -7.23. The molecule has 498 valence electrons. The third-order valence-corrected chi connectivity index (χ3v) is 11.3. The highest BCUT2D eigenvalue weighted by molar-refractivity contribution is 5.87. The van der Waals surface area contributed by atoms with Gasteiger partial charge in [0.05, 0.1) is 0 Å². The third kappa shape index (κ3) is 57.5. The smallest absolute Gasteiger partial charge is 0.326 e. The number of carbonyl (C=O) groups is 12. The van der Waals surface area contributed by atoms with Crippen LogP contribution in [0.3, 0.4) is 0 Å². The first kappa shape index (κ1) is 89.5. The first-order chi connectivity index (χ1) is 39.1. The van der Waals surface area contributed by atoms with Crippen molar-refractivity contribution < 1.29 is 109 Å². The highest BCUT2D eigenvalue weighted by Gasteiger charge is 2.27. The van der Waals surface area contributed by atoms with E-state index in [4.69, 9.17) is 68.3 Å². The normalized spacial score (nSPS) is 19.0. The molecule has 4 aliphatic rings. The molecular weight excluding hydrogens is 1130 g/mol. The molecule has 4 rings (SSSR count). The van der Waals surface area contributed by atoms with Gasteiger partial charge in [-0.1, -0.05) is 55.4 Å². The minimum absolute atomic E-state index is 0.164. The number of carboxylic acid groups (broad SMARTS) is 10. The van der Waals surface area contributed by atoms with Crippen molar-refractivity contribution in [1.82, 2.24) is 37.2 Å². The number of carbonyl (C=O) groups excluding carboxylic acids is 2. The lowest BCUT2D eigenvalue weighted by atomic mass is 10.0. The first-order valence-electron chi connectivity index (χ1n) is 27.7. The summed E-state index contributed by atoms with van der Waals surface area (Å²) >= 11 is 0. The van der Waals surface area contributed by atoms with Crippen LogP contribution >= 0.6 is 0 Å². The van der Waals surface area contributed by atoms with Crippen LogP contribution in [-0.2, 0) is 57.5 Å². The van der Waals surface area contributed by atoms with E-state index in [1.54, 1.807) is 28.1 Å². The second-order valence-electron chi connectivity index (χ2n) is 21.2. The fraction of sp³-hybridized carbons (Fsp3) is 0.774. The Balaban J connectivity index is -0.000000204. The summed E-state index contributed by atoms with van der Waals surface area (Å²) in [6.07, 6.45) is 7.58. The highest BCUT2D eigenvalue weighted by atomic mass is 16.4. The topological polar surface area (TPSA) is 569 Å². The Bertz CT molecular complexity index is 1830. The van der Waals surface area contributed by atoms with E-state index >= 15 is 0 Å². The Morgan fingerprint density at radius 2 is 0.682 bits per heavy atom. The second kappa shape index (κ2) is 52.8. The Hall–Kier alpha value is -6.68. The Kier molecular flexibility index (Phi) is 55.7. The number of rotatable bonds is 21. The van der Waals surface area contributed by atoms with Gasteiger partial charge in [0.15, 0.2) is 0 Å². The van der Waals surface area contributed by atoms with Crippen LogP contribution in [0, 0.1) is 23.7 Å². The zero-order valence-electron chi connectivity index (χ0n) is 51.6. The summed E-state index contributed by atoms with van der Waals surface area (Å²) in [5.41, 5.74) is 15.3. The predicted molar refractivity (Wildman–Crippen MR) is 312 cm³/mol. The zero-order valence-corrected chi connectivity index (χ0v) is 51.6. The summed E-state index contributed by atoms with van der Waals surface area (Å²) in [7, 11) is 4.95. The van der Waals surface area contributed by atoms with Crippen molar-refractivity contribution >= 4 is 71.5 Å². The van der Waals surface area contributed by atoms with E-state index in [0.29, 0.717) is 75.0 Å². The van der Waals surface area contributed by atoms with E-state index in [0.717, 1.165) is 38.8 Å². The van der Waals surface area contributed by atoms with Gasteiger partial charge in [-0.3, -0.25) is 47.9 Å². The SMILES string of the molecule is CC(C)C[C@H](N)C(=O)O.CC(C)C[C@H](N)C(=O)O.CN[C@@H](C)C(=O)O.CN[C@@H](CC(C)C)C(=O)O.CN[C@@H](CC(C)C)C(=O)O.C[C@H](N)C(=O)O.O=C(O)[C@@H]1CCCN1.O=C(O)[C@@H]1CCCN1.O=C1CC[C@@H](C(=O)O)N1.O=C1CC[C@@H](C(=O)O)N1. The number of amides is 2. The number of nitrogens with two attached hydrogens (primary N) is 3. The second-order valence-corrected chi connectivity index (χ2v) is 21.2. The average Bonchev–Trinajstić information content (AvgIpc) is 4.26. The largest absolute Gasteiger partial charge is 0.480 e. The quantitative estimate of drug-likeness (QED) is 0.0704. The van der Waals surface area contributed by atoms with Crippen LogP contribution in [0.2, 0.25) is 0 Å². The summed E-state index contributed by atoms with van der Waals surface area (Å²) in [4.78, 5) is 122. The Labute approximate surface area is 497 Å². The molecule has 23 N–H and O–H groups in total. The van der Waals surface area contributed by atoms with Gasteiger partial charge >= 0.3 is 59.7 Å². The van der Waals surface area contributed by atoms with Crippen LogP contribution in [0.15, 0.2) is 0 Å². The molecule has 4 fully saturated rings. The van der Waals surface area contributed by atoms with Gasteiger partial charge < -0.3 is 105 Å². The lowest BCUT2D eigenvalue weighted by Crippen LogP contribution is -2.34. The first-order valence-corrected chi connectivity index (χ1v) is 27.7. The molecule has 85 heavy (non-hydrogen) atoms. The molecule has 10 atom stereocenters. The molecule has 4 heterocycles. The maximum absolute atomic E-state index is 10.4. The van der Waals surface area contributed by atoms with E-state index in [1.807, 2.05) is 55.4 Å². The molecule has 0 spiro atoms. The van der Waals surface area contributed by atoms with E-state index in [1.165, 1.54) is 6.92 Å². The highest BCUT2D eigenvalue weighted by Crippen LogP contribution is 2.08. The van der Waals surface area contributed by atoms with Crippen molar-refractivity contribution in [1.29, 1.82) is 0 Å². The fourth-order valence-corrected chi connectivity index (χ4v) is 6.36. The Morgan fingerprint density at radius 3 is 0.753 bits per heavy atom. The molecular formula is C53H104N10O22. The molecule has 32 nitrogen and oxygen atoms in total. The fourth-order valence-electron chi connectivity index (χ4n) is 6.36. The van der Waals surface area contributed by atoms with Gasteiger partial charge in [0, 0.05) is 12.8 Å². The predicted octanol–water partition coefficient (Wildman–Crippen LogP) is -0.259. The van der Waals surface area contributed by atoms with Gasteiger partial charge in [0.1, 0.15) is 60.4 Å². The molecule has 0 bridgehead atoms. The average molecular weight is 1230 g/mol. The third-order valence-electron chi connectivity index (χ3n) is 11.3. The number of likely N-dealkylation sites (N-methyl/N-ethyl adjacent to an activating group) is 3. The summed E-state index contributed by atoms with van der Waals surface area (Å²) in [6, 6.07) is -5.14. The van der Waals surface area contributed by atoms with Gasteiger partial charge in [-0.15, -0.1) is 0 Å². The zero-order chi connectivity index (χ0) is 67.9. The molecule has 0 aromatic heterocycles. The number of carboxylic acids is 10. The van der Waals surface area contributed by atoms with Crippen LogP contribution in [0.5, 0.6) is 0 Å². The van der Waals surface area contributed by atoms with Crippen LogP contribution < -0.4 is 54.4 Å². The van der Waals surface area contributed by atoms with E-state index in [9.17, 15) is 57.5 Å². The minimum atomic E-state index is -0.963. The van der Waals surface area contributed by atoms with Crippen LogP contribution in [-0.4, -0.2) is 217 Å². The van der Waals surface area contributed by atoms with Gasteiger partial charge in [-0.25, -0.2) is 9.59 Å². The van der Waals surface area contributed by atoms with E-state index in [2.05, 4.69) is 37.2 Å². The number of aliphatic carboxylic acids is 10. The monoisotopic (exact) mass is 1230 g/mol. The van der Waals surface area contributed by atoms with Gasteiger partial charge in [-0.05, 0) is 136 Å². The lowest BCUT2D eigenvalue weighted by molar-refractivity contribution is -0.140. The van der Waals surface area contributed by atoms with Crippen molar-refractivity contribution in [3.05, 3.63) is 0 Å². The molecule has 0 aromatic rings. The van der Waals surface area contributed by atoms with Gasteiger partial charge in [0.25, 0.3) is 0 Å². The van der Waals surface area contributed by atoms with E-state index in [-0.39, 0.29) is 36.0 Å². The van der Waals surface area contributed by atoms with Crippen LogP contribution in [0.25, 0.3) is 0 Å². The molecule has 0 saturated carbocycles. The van der Waals surface area contributed by atoms with Crippen LogP contribution in [0.1, 0.15) is 146 Å². The van der Waals surface area contributed by atoms with Gasteiger partial charge in [-0.2, -0.15) is 0 Å². The maximum atomic E-state index is 10.4. The molecule has 32 heteroatoms. The summed E-state index contributed by atoms with van der Waals surface area (Å²) in [6.45, 7) is 20.5. The standard InChI is InChI=1S/2C7H15NO2.2C6H13NO2.2C5H7NO3.2C5H9NO2.C4H9NO2.C3H7NO2/c2*1-5(2)4-6(8-3)7(9)10;2*1-4(2)3-5(7)6(8)9;2*7-4-2-1-3(6-4)5(8)9;2*7-5(8)4-2-1-3-6-4;1-3(5-2)4(6)7;1-2(4)3(5)6/h2*5-6,8H,4H2,1-3H3,(H,9,10);2*4-5H,3,7H2,1-2H3,(H,8,9);2*3H,1-2H2,(H,6,7)(H,8,9);2*4,6H,1-3H2,(H,7,8);3,5H,1-2H3,(H,6,7);2H,4H2,1H3,(H,5,6)/t2*6-;2*5-;2*3-;2*4-;3-;2-/m0000000000/s1. The lowest BCUT2D eigenvalue weighted by Gasteiger charge is -2.12. The number of hydrogen-bond acceptors (Lipinski definition) is 20. The molecule has 0 radical (unpaired) electrons. The van der Waals surface area contributed by atoms with Crippen molar-refractivity contribution in [3.8, 4) is 0 Å².